The first kappa shape index (κ1) is 35.6. The first-order valence-corrected chi connectivity index (χ1v) is 19.0. The van der Waals surface area contributed by atoms with E-state index in [1.807, 2.05) is 66.7 Å². The van der Waals surface area contributed by atoms with E-state index in [1.54, 1.807) is 0 Å². The van der Waals surface area contributed by atoms with Crippen molar-refractivity contribution in [3.05, 3.63) is 121 Å². The summed E-state index contributed by atoms with van der Waals surface area (Å²) < 4.78 is 29.4. The molecule has 0 spiro atoms. The molecule has 7 aromatic rings. The molecule has 9 rings (SSSR count). The second kappa shape index (κ2) is 12.7. The number of benzene rings is 5. The Labute approximate surface area is 323 Å². The Morgan fingerprint density at radius 2 is 0.855 bits per heavy atom. The Bertz CT molecular complexity index is 2440. The molecule has 2 aliphatic heterocycles. The van der Waals surface area contributed by atoms with Crippen LogP contribution in [0.4, 0.5) is 0 Å². The molecule has 5 aromatic carbocycles. The quantitative estimate of drug-likeness (QED) is 0.159. The highest BCUT2D eigenvalue weighted by atomic mass is 16.7. The first-order chi connectivity index (χ1) is 26.2. The summed E-state index contributed by atoms with van der Waals surface area (Å²) in [5, 5.41) is 2.07. The van der Waals surface area contributed by atoms with Crippen molar-refractivity contribution < 1.29 is 18.6 Å². The zero-order valence-electron chi connectivity index (χ0n) is 32.6. The fourth-order valence-corrected chi connectivity index (χ4v) is 7.53. The highest BCUT2D eigenvalue weighted by Crippen LogP contribution is 2.42. The van der Waals surface area contributed by atoms with Gasteiger partial charge in [0.1, 0.15) is 0 Å². The second-order valence-corrected chi connectivity index (χ2v) is 16.6. The third-order valence-electron chi connectivity index (χ3n) is 12.0. The molecule has 0 unspecified atom stereocenters. The van der Waals surface area contributed by atoms with Crippen molar-refractivity contribution in [2.24, 2.45) is 0 Å². The summed E-state index contributed by atoms with van der Waals surface area (Å²) in [4.78, 5) is 15.3. The van der Waals surface area contributed by atoms with Gasteiger partial charge in [0, 0.05) is 44.1 Å². The number of nitrogens with zero attached hydrogens (tertiary/aromatic N) is 4. The van der Waals surface area contributed by atoms with Crippen molar-refractivity contribution >= 4 is 47.0 Å². The van der Waals surface area contributed by atoms with Gasteiger partial charge in [0.05, 0.1) is 33.4 Å². The number of aromatic nitrogens is 4. The van der Waals surface area contributed by atoms with Crippen LogP contribution in [0.3, 0.4) is 0 Å². The third kappa shape index (κ3) is 5.82. The van der Waals surface area contributed by atoms with Gasteiger partial charge in [-0.2, -0.15) is 0 Å². The molecule has 4 heterocycles. The van der Waals surface area contributed by atoms with Crippen LogP contribution in [-0.4, -0.2) is 56.2 Å². The van der Waals surface area contributed by atoms with Gasteiger partial charge in [-0.15, -0.1) is 0 Å². The molecule has 0 atom stereocenters. The van der Waals surface area contributed by atoms with E-state index in [-0.39, 0.29) is 0 Å². The van der Waals surface area contributed by atoms with Gasteiger partial charge in [-0.1, -0.05) is 109 Å². The Morgan fingerprint density at radius 1 is 0.436 bits per heavy atom. The van der Waals surface area contributed by atoms with Crippen molar-refractivity contribution in [3.63, 3.8) is 0 Å². The van der Waals surface area contributed by atoms with Gasteiger partial charge in [0.2, 0.25) is 0 Å². The monoisotopic (exact) mass is 726 g/mol. The number of fused-ring (bicyclic) bond motifs is 3. The van der Waals surface area contributed by atoms with E-state index in [9.17, 15) is 0 Å². The summed E-state index contributed by atoms with van der Waals surface area (Å²) in [6.07, 6.45) is 0. The summed E-state index contributed by atoms with van der Waals surface area (Å²) in [5.74, 6) is 1.81. The Morgan fingerprint density at radius 3 is 1.36 bits per heavy atom. The van der Waals surface area contributed by atoms with Gasteiger partial charge in [0.25, 0.3) is 0 Å². The highest BCUT2D eigenvalue weighted by molar-refractivity contribution is 6.68. The predicted octanol–water partition coefficient (Wildman–Crippen LogP) is 8.57. The summed E-state index contributed by atoms with van der Waals surface area (Å²) >= 11 is 0. The lowest BCUT2D eigenvalue weighted by molar-refractivity contribution is 0.00578. The standard InChI is InChI=1S/C45H44B2N4O4/c1-42(2)43(3,4)53-46(52-42)33-25-18-26-34(47-54-44(5,6)45(7,8)55-47)38(33)51-35-27-16-15-23-31(35)37-32(24-17-28-36(37)51)41-49-39(29-19-11-9-12-20-29)48-40(50-41)30-21-13-10-14-22-30/h9-28H,1-8H3. The minimum atomic E-state index is -0.646. The van der Waals surface area contributed by atoms with Crippen molar-refractivity contribution in [1.82, 2.24) is 19.5 Å². The summed E-state index contributed by atoms with van der Waals surface area (Å²) in [7, 11) is -1.29. The van der Waals surface area contributed by atoms with Crippen LogP contribution >= 0.6 is 0 Å². The Kier molecular flexibility index (Phi) is 8.22. The maximum atomic E-state index is 6.77. The first-order valence-electron chi connectivity index (χ1n) is 19.0. The third-order valence-corrected chi connectivity index (χ3v) is 12.0. The normalized spacial score (nSPS) is 18.4. The zero-order chi connectivity index (χ0) is 38.3. The number of hydrogen-bond acceptors (Lipinski definition) is 7. The van der Waals surface area contributed by atoms with Crippen LogP contribution in [0.25, 0.3) is 61.7 Å². The number of hydrogen-bond donors (Lipinski definition) is 0. The summed E-state index contributed by atoms with van der Waals surface area (Å²) in [6, 6.07) is 41.2. The minimum Gasteiger partial charge on any atom is -0.399 e. The van der Waals surface area contributed by atoms with Crippen molar-refractivity contribution in [2.75, 3.05) is 0 Å². The maximum Gasteiger partial charge on any atom is 0.496 e. The fraction of sp³-hybridized carbons (Fsp3) is 0.267. The van der Waals surface area contributed by atoms with Crippen molar-refractivity contribution in [3.8, 4) is 39.9 Å². The van der Waals surface area contributed by atoms with E-state index >= 15 is 0 Å². The van der Waals surface area contributed by atoms with Gasteiger partial charge in [-0.25, -0.2) is 15.0 Å². The molecule has 2 aromatic heterocycles. The molecule has 0 bridgehead atoms. The lowest BCUT2D eigenvalue weighted by Gasteiger charge is -2.32. The van der Waals surface area contributed by atoms with Crippen LogP contribution in [0.1, 0.15) is 55.4 Å². The Balaban J connectivity index is 1.33. The van der Waals surface area contributed by atoms with E-state index in [0.717, 1.165) is 55.1 Å². The summed E-state index contributed by atoms with van der Waals surface area (Å²) in [6.45, 7) is 16.7. The molecular formula is C45H44B2N4O4. The average molecular weight is 726 g/mol. The van der Waals surface area contributed by atoms with E-state index in [4.69, 9.17) is 33.6 Å². The largest absolute Gasteiger partial charge is 0.496 e. The van der Waals surface area contributed by atoms with Gasteiger partial charge in [-0.05, 0) is 67.5 Å². The zero-order valence-corrected chi connectivity index (χ0v) is 32.6. The van der Waals surface area contributed by atoms with Crippen LogP contribution in [0.5, 0.6) is 0 Å². The van der Waals surface area contributed by atoms with Gasteiger partial charge >= 0.3 is 14.2 Å². The molecule has 0 amide bonds. The SMILES string of the molecule is CC1(C)OB(c2cccc(B3OC(C)(C)C(C)(C)O3)c2-n2c3ccccc3c3c(-c4nc(-c5ccccc5)nc(-c5ccccc5)n4)cccc32)OC1(C)C. The van der Waals surface area contributed by atoms with E-state index in [1.165, 1.54) is 0 Å². The highest BCUT2D eigenvalue weighted by Gasteiger charge is 2.55. The van der Waals surface area contributed by atoms with Crippen LogP contribution in [0, 0.1) is 0 Å². The summed E-state index contributed by atoms with van der Waals surface area (Å²) in [5.41, 5.74) is 5.20. The molecule has 0 radical (unpaired) electrons. The van der Waals surface area contributed by atoms with Gasteiger partial charge < -0.3 is 23.2 Å². The average Bonchev–Trinajstić information content (AvgIpc) is 3.71. The predicted molar refractivity (Wildman–Crippen MR) is 222 cm³/mol. The van der Waals surface area contributed by atoms with E-state index in [0.29, 0.717) is 17.5 Å². The molecule has 274 valence electrons. The molecule has 8 nitrogen and oxygen atoms in total. The van der Waals surface area contributed by atoms with E-state index < -0.39 is 36.6 Å². The minimum absolute atomic E-state index is 0.547. The van der Waals surface area contributed by atoms with Crippen molar-refractivity contribution in [2.45, 2.75) is 77.8 Å². The van der Waals surface area contributed by atoms with E-state index in [2.05, 4.69) is 115 Å². The molecule has 2 aliphatic rings. The maximum absolute atomic E-state index is 6.77. The fourth-order valence-electron chi connectivity index (χ4n) is 7.53. The molecule has 2 saturated heterocycles. The topological polar surface area (TPSA) is 80.5 Å². The second-order valence-electron chi connectivity index (χ2n) is 16.6. The van der Waals surface area contributed by atoms with Crippen LogP contribution in [0.2, 0.25) is 0 Å². The smallest absolute Gasteiger partial charge is 0.399 e. The van der Waals surface area contributed by atoms with Crippen LogP contribution < -0.4 is 10.9 Å². The van der Waals surface area contributed by atoms with Crippen LogP contribution in [-0.2, 0) is 18.6 Å². The molecule has 0 N–H and O–H groups in total. The number of rotatable bonds is 6. The van der Waals surface area contributed by atoms with Gasteiger partial charge in [-0.3, -0.25) is 0 Å². The van der Waals surface area contributed by atoms with Gasteiger partial charge in [0.15, 0.2) is 17.5 Å². The molecule has 2 fully saturated rings. The van der Waals surface area contributed by atoms with Crippen LogP contribution in [0.15, 0.2) is 121 Å². The molecule has 10 heteroatoms. The number of para-hydroxylation sites is 2. The lowest BCUT2D eigenvalue weighted by Crippen LogP contribution is -2.45. The lowest BCUT2D eigenvalue weighted by atomic mass is 9.69. The Hall–Kier alpha value is -5.12. The molecule has 0 saturated carbocycles. The van der Waals surface area contributed by atoms with Crippen molar-refractivity contribution in [1.29, 1.82) is 0 Å². The molecule has 55 heavy (non-hydrogen) atoms. The molecular weight excluding hydrogens is 682 g/mol. The molecule has 0 aliphatic carbocycles.